The number of fused-ring (bicyclic) bond motifs is 1. The van der Waals surface area contributed by atoms with Crippen molar-refractivity contribution in [1.82, 2.24) is 19.8 Å². The first-order valence-electron chi connectivity index (χ1n) is 15.2. The number of rotatable bonds is 14. The minimum Gasteiger partial charge on any atom is -0.380 e. The van der Waals surface area contributed by atoms with Gasteiger partial charge in [0.25, 0.3) is 5.56 Å². The van der Waals surface area contributed by atoms with E-state index in [-0.39, 0.29) is 11.5 Å². The maximum absolute atomic E-state index is 14.9. The van der Waals surface area contributed by atoms with Crippen LogP contribution < -0.4 is 21.9 Å². The Balaban J connectivity index is 1.69. The smallest absolute Gasteiger partial charge is 0.337 e. The molecule has 5 aromatic rings. The summed E-state index contributed by atoms with van der Waals surface area (Å²) < 4.78 is 37.7. The van der Waals surface area contributed by atoms with Crippen molar-refractivity contribution in [2.45, 2.75) is 39.3 Å². The fourth-order valence-corrected chi connectivity index (χ4v) is 6.67. The summed E-state index contributed by atoms with van der Waals surface area (Å²) in [7, 11) is 1.62. The lowest BCUT2D eigenvalue weighted by Gasteiger charge is -2.14. The van der Waals surface area contributed by atoms with E-state index in [1.165, 1.54) is 22.0 Å². The van der Waals surface area contributed by atoms with Gasteiger partial charge in [-0.25, -0.2) is 18.1 Å². The molecule has 0 aliphatic heterocycles. The van der Waals surface area contributed by atoms with Crippen LogP contribution in [0.5, 0.6) is 0 Å². The molecular formula is C35H36F2N4O4S. The number of amides is 1. The Morgan fingerprint density at radius 1 is 0.935 bits per heavy atom. The number of hydrogen-bond donors (Lipinski definition) is 2. The first-order chi connectivity index (χ1) is 22.3. The molecule has 2 aromatic heterocycles. The van der Waals surface area contributed by atoms with Gasteiger partial charge in [0.1, 0.15) is 16.5 Å². The summed E-state index contributed by atoms with van der Waals surface area (Å²) in [5.74, 6) is -1.57. The zero-order valence-electron chi connectivity index (χ0n) is 25.8. The Hall–Kier alpha value is -4.45. The molecule has 0 saturated heterocycles. The Morgan fingerprint density at radius 2 is 1.65 bits per heavy atom. The van der Waals surface area contributed by atoms with Crippen LogP contribution in [0.25, 0.3) is 26.3 Å². The molecule has 2 N–H and O–H groups in total. The quantitative estimate of drug-likeness (QED) is 0.158. The Bertz CT molecular complexity index is 1920. The van der Waals surface area contributed by atoms with Gasteiger partial charge in [-0.05, 0) is 60.7 Å². The molecule has 0 atom stereocenters. The molecule has 0 saturated carbocycles. The van der Waals surface area contributed by atoms with E-state index in [4.69, 9.17) is 4.74 Å². The summed E-state index contributed by atoms with van der Waals surface area (Å²) in [5, 5.41) is 6.29. The van der Waals surface area contributed by atoms with E-state index in [2.05, 4.69) is 10.6 Å². The molecule has 3 aromatic carbocycles. The van der Waals surface area contributed by atoms with Gasteiger partial charge in [-0.3, -0.25) is 14.2 Å². The largest absolute Gasteiger partial charge is 0.380 e. The van der Waals surface area contributed by atoms with Crippen LogP contribution in [-0.4, -0.2) is 41.8 Å². The van der Waals surface area contributed by atoms with E-state index in [0.717, 1.165) is 39.1 Å². The zero-order chi connectivity index (χ0) is 32.6. The summed E-state index contributed by atoms with van der Waals surface area (Å²) in [4.78, 5) is 41.1. The summed E-state index contributed by atoms with van der Waals surface area (Å²) in [6.07, 6.45) is 1.86. The number of carbonyl (C=O) groups is 1. The normalized spacial score (nSPS) is 11.3. The zero-order valence-corrected chi connectivity index (χ0v) is 26.6. The molecule has 0 aliphatic rings. The number of nitrogens with one attached hydrogen (secondary N) is 2. The van der Waals surface area contributed by atoms with Gasteiger partial charge in [-0.15, -0.1) is 11.3 Å². The average molecular weight is 647 g/mol. The third-order valence-electron chi connectivity index (χ3n) is 7.76. The van der Waals surface area contributed by atoms with Gasteiger partial charge >= 0.3 is 5.69 Å². The maximum atomic E-state index is 14.9. The summed E-state index contributed by atoms with van der Waals surface area (Å²) >= 11 is 1.25. The molecule has 1 amide bonds. The summed E-state index contributed by atoms with van der Waals surface area (Å²) in [6.45, 7) is 3.39. The van der Waals surface area contributed by atoms with Crippen molar-refractivity contribution in [2.75, 3.05) is 26.8 Å². The van der Waals surface area contributed by atoms with Crippen LogP contribution in [-0.2, 0) is 29.0 Å². The van der Waals surface area contributed by atoms with E-state index in [1.54, 1.807) is 37.4 Å². The predicted molar refractivity (Wildman–Crippen MR) is 178 cm³/mol. The van der Waals surface area contributed by atoms with Gasteiger partial charge in [-0.2, -0.15) is 0 Å². The highest BCUT2D eigenvalue weighted by molar-refractivity contribution is 7.22. The van der Waals surface area contributed by atoms with Gasteiger partial charge in [0.05, 0.1) is 24.2 Å². The second kappa shape index (κ2) is 15.2. The number of thiophene rings is 1. The lowest BCUT2D eigenvalue weighted by atomic mass is 10.0. The van der Waals surface area contributed by atoms with Crippen molar-refractivity contribution in [3.63, 3.8) is 0 Å². The standard InChI is InChI=1S/C35H36F2N4O4S/c1-3-45-20-19-39-21-26-31-33(43)41(25-10-5-4-6-11-25)35(44)40(22-27-28(36)12-8-13-29(27)37)34(31)46-32(26)24-17-15-23(16-18-24)9-7-14-30(42)38-2/h4-6,8,10-13,15-18,39H,3,7,9,14,19-22H2,1-2H3,(H,38,42). The van der Waals surface area contributed by atoms with Gasteiger partial charge in [0.2, 0.25) is 5.91 Å². The molecule has 8 nitrogen and oxygen atoms in total. The van der Waals surface area contributed by atoms with Crippen LogP contribution in [0.3, 0.4) is 0 Å². The molecule has 0 spiro atoms. The Kier molecular flexibility index (Phi) is 10.9. The molecule has 46 heavy (non-hydrogen) atoms. The first-order valence-corrected chi connectivity index (χ1v) is 16.0. The van der Waals surface area contributed by atoms with Crippen molar-refractivity contribution < 1.29 is 18.3 Å². The summed E-state index contributed by atoms with van der Waals surface area (Å²) in [5.41, 5.74) is 1.46. The third-order valence-corrected chi connectivity index (χ3v) is 9.06. The SMILES string of the molecule is CCOCCNCc1c(-c2ccc(CCCC(=O)NC)cc2)sc2c1c(=O)n(-c1ccccc1)c(=O)n2Cc1c(F)cccc1F. The lowest BCUT2D eigenvalue weighted by molar-refractivity contribution is -0.120. The van der Waals surface area contributed by atoms with Crippen LogP contribution in [0.15, 0.2) is 82.4 Å². The van der Waals surface area contributed by atoms with Crippen molar-refractivity contribution in [3.05, 3.63) is 122 Å². The Morgan fingerprint density at radius 3 is 2.33 bits per heavy atom. The van der Waals surface area contributed by atoms with E-state index in [1.807, 2.05) is 31.2 Å². The number of carbonyl (C=O) groups excluding carboxylic acids is 1. The van der Waals surface area contributed by atoms with Crippen LogP contribution in [0.4, 0.5) is 8.78 Å². The minimum absolute atomic E-state index is 0.00848. The van der Waals surface area contributed by atoms with Crippen LogP contribution in [0, 0.1) is 11.6 Å². The molecule has 0 aliphatic carbocycles. The monoisotopic (exact) mass is 646 g/mol. The van der Waals surface area contributed by atoms with Crippen molar-refractivity contribution in [1.29, 1.82) is 0 Å². The Labute approximate surface area is 269 Å². The molecule has 11 heteroatoms. The molecule has 0 bridgehead atoms. The number of nitrogens with zero attached hydrogens (tertiary/aromatic N) is 2. The number of halogens is 2. The van der Waals surface area contributed by atoms with Gasteiger partial charge in [0.15, 0.2) is 0 Å². The molecule has 0 fully saturated rings. The lowest BCUT2D eigenvalue weighted by Crippen LogP contribution is -2.39. The minimum atomic E-state index is -0.779. The second-order valence-electron chi connectivity index (χ2n) is 10.7. The number of aromatic nitrogens is 2. The fraction of sp³-hybridized carbons (Fsp3) is 0.286. The van der Waals surface area contributed by atoms with Crippen molar-refractivity contribution >= 4 is 27.5 Å². The van der Waals surface area contributed by atoms with Crippen molar-refractivity contribution in [3.8, 4) is 16.1 Å². The van der Waals surface area contributed by atoms with Gasteiger partial charge in [-0.1, -0.05) is 48.5 Å². The number of benzene rings is 3. The van der Waals surface area contributed by atoms with Crippen LogP contribution in [0.1, 0.15) is 36.5 Å². The number of hydrogen-bond acceptors (Lipinski definition) is 6. The fourth-order valence-electron chi connectivity index (χ4n) is 5.36. The number of aryl methyl sites for hydroxylation is 1. The van der Waals surface area contributed by atoms with E-state index in [9.17, 15) is 23.2 Å². The number of ether oxygens (including phenoxy) is 1. The second-order valence-corrected chi connectivity index (χ2v) is 11.7. The highest BCUT2D eigenvalue weighted by Crippen LogP contribution is 2.37. The summed E-state index contributed by atoms with van der Waals surface area (Å²) in [6, 6.07) is 20.0. The van der Waals surface area contributed by atoms with E-state index in [0.29, 0.717) is 60.6 Å². The molecular weight excluding hydrogens is 610 g/mol. The van der Waals surface area contributed by atoms with Crippen LogP contribution >= 0.6 is 11.3 Å². The molecule has 0 unspecified atom stereocenters. The molecule has 0 radical (unpaired) electrons. The van der Waals surface area contributed by atoms with Crippen LogP contribution in [0.2, 0.25) is 0 Å². The molecule has 240 valence electrons. The maximum Gasteiger partial charge on any atom is 0.337 e. The van der Waals surface area contributed by atoms with Gasteiger partial charge < -0.3 is 15.4 Å². The van der Waals surface area contributed by atoms with E-state index >= 15 is 0 Å². The van der Waals surface area contributed by atoms with Crippen molar-refractivity contribution in [2.24, 2.45) is 0 Å². The molecule has 2 heterocycles. The predicted octanol–water partition coefficient (Wildman–Crippen LogP) is 5.40. The molecule has 5 rings (SSSR count). The van der Waals surface area contributed by atoms with Gasteiger partial charge in [0, 0.05) is 43.6 Å². The highest BCUT2D eigenvalue weighted by Gasteiger charge is 2.25. The topological polar surface area (TPSA) is 94.4 Å². The highest BCUT2D eigenvalue weighted by atomic mass is 32.1. The van der Waals surface area contributed by atoms with E-state index < -0.39 is 29.4 Å². The number of para-hydroxylation sites is 1. The average Bonchev–Trinajstić information content (AvgIpc) is 3.44. The first kappa shape index (κ1) is 32.9. The third kappa shape index (κ3) is 7.17.